The van der Waals surface area contributed by atoms with Gasteiger partial charge in [0.15, 0.2) is 0 Å². The summed E-state index contributed by atoms with van der Waals surface area (Å²) in [5, 5.41) is 3.41. The molecule has 5 nitrogen and oxygen atoms in total. The number of alkyl carbamates (subject to hydrolysis) is 1. The van der Waals surface area contributed by atoms with E-state index in [-0.39, 0.29) is 0 Å². The van der Waals surface area contributed by atoms with Crippen molar-refractivity contribution in [1.29, 1.82) is 0 Å². The third-order valence-electron chi connectivity index (χ3n) is 6.62. The van der Waals surface area contributed by atoms with Gasteiger partial charge in [0.2, 0.25) is 0 Å². The Kier molecular flexibility index (Phi) is 8.79. The second-order valence-corrected chi connectivity index (χ2v) is 9.82. The fourth-order valence-electron chi connectivity index (χ4n) is 4.70. The molecule has 2 atom stereocenters. The van der Waals surface area contributed by atoms with Crippen LogP contribution in [0.1, 0.15) is 69.6 Å². The van der Waals surface area contributed by atoms with Crippen molar-refractivity contribution in [2.45, 2.75) is 69.9 Å². The number of hydrogen-bond donors (Lipinski definition) is 1. The first-order chi connectivity index (χ1) is 15.8. The highest BCUT2D eigenvalue weighted by molar-refractivity contribution is 6.30. The second-order valence-electron chi connectivity index (χ2n) is 9.39. The largest absolute Gasteiger partial charge is 0.467 e. The third kappa shape index (κ3) is 6.73. The molecule has 3 rings (SSSR count). The number of carbonyl (C=O) groups is 2. The summed E-state index contributed by atoms with van der Waals surface area (Å²) in [5.74, 6) is -0.0427. The zero-order valence-corrected chi connectivity index (χ0v) is 20.4. The molecule has 0 radical (unpaired) electrons. The van der Waals surface area contributed by atoms with Crippen LogP contribution in [0.3, 0.4) is 0 Å². The van der Waals surface area contributed by atoms with Crippen molar-refractivity contribution in [1.82, 2.24) is 5.32 Å². The number of amides is 1. The van der Waals surface area contributed by atoms with Gasteiger partial charge in [-0.25, -0.2) is 9.59 Å². The minimum Gasteiger partial charge on any atom is -0.467 e. The van der Waals surface area contributed by atoms with E-state index in [4.69, 9.17) is 21.1 Å². The molecule has 178 valence electrons. The predicted molar refractivity (Wildman–Crippen MR) is 130 cm³/mol. The van der Waals surface area contributed by atoms with E-state index in [2.05, 4.69) is 5.32 Å². The first kappa shape index (κ1) is 25.1. The molecule has 2 aromatic rings. The zero-order chi connectivity index (χ0) is 23.8. The molecule has 0 bridgehead atoms. The molecule has 1 N–H and O–H groups in total. The maximum absolute atomic E-state index is 13.1. The Morgan fingerprint density at radius 3 is 2.39 bits per heavy atom. The van der Waals surface area contributed by atoms with E-state index in [0.717, 1.165) is 36.8 Å². The number of nitrogens with one attached hydrogen (secondary N) is 1. The zero-order valence-electron chi connectivity index (χ0n) is 19.7. The minimum atomic E-state index is -0.726. The first-order valence-electron chi connectivity index (χ1n) is 11.7. The summed E-state index contributed by atoms with van der Waals surface area (Å²) in [4.78, 5) is 25.5. The van der Waals surface area contributed by atoms with Gasteiger partial charge in [0.05, 0.1) is 7.11 Å². The van der Waals surface area contributed by atoms with Crippen LogP contribution >= 0.6 is 11.6 Å². The van der Waals surface area contributed by atoms with E-state index >= 15 is 0 Å². The van der Waals surface area contributed by atoms with Crippen LogP contribution in [0.2, 0.25) is 5.02 Å². The van der Waals surface area contributed by atoms with Gasteiger partial charge >= 0.3 is 12.1 Å². The van der Waals surface area contributed by atoms with Crippen molar-refractivity contribution >= 4 is 23.7 Å². The van der Waals surface area contributed by atoms with Crippen LogP contribution in [-0.4, -0.2) is 25.2 Å². The monoisotopic (exact) mass is 471 g/mol. The normalized spacial score (nSPS) is 16.5. The van der Waals surface area contributed by atoms with Crippen LogP contribution in [0.4, 0.5) is 4.79 Å². The molecule has 0 aliphatic heterocycles. The van der Waals surface area contributed by atoms with Crippen molar-refractivity contribution in [3.05, 3.63) is 70.7 Å². The van der Waals surface area contributed by atoms with Gasteiger partial charge in [-0.3, -0.25) is 0 Å². The molecule has 2 aromatic carbocycles. The predicted octanol–water partition coefficient (Wildman–Crippen LogP) is 6.60. The van der Waals surface area contributed by atoms with Crippen LogP contribution in [0.5, 0.6) is 0 Å². The average molecular weight is 472 g/mol. The summed E-state index contributed by atoms with van der Waals surface area (Å²) in [6.07, 6.45) is 5.02. The smallest absolute Gasteiger partial charge is 0.408 e. The van der Waals surface area contributed by atoms with Crippen LogP contribution in [-0.2, 0) is 19.7 Å². The van der Waals surface area contributed by atoms with Crippen molar-refractivity contribution in [2.24, 2.45) is 5.92 Å². The Morgan fingerprint density at radius 2 is 1.76 bits per heavy atom. The maximum atomic E-state index is 13.1. The Labute approximate surface area is 201 Å². The van der Waals surface area contributed by atoms with E-state index in [1.165, 1.54) is 13.5 Å². The minimum absolute atomic E-state index is 0.399. The Bertz CT molecular complexity index is 925. The van der Waals surface area contributed by atoms with Gasteiger partial charge in [0.1, 0.15) is 12.1 Å². The van der Waals surface area contributed by atoms with Crippen molar-refractivity contribution < 1.29 is 19.1 Å². The fraction of sp³-hybridized carbons (Fsp3) is 0.481. The van der Waals surface area contributed by atoms with E-state index in [0.29, 0.717) is 17.4 Å². The molecular formula is C27H34ClNO4. The first-order valence-corrected chi connectivity index (χ1v) is 12.0. The van der Waals surface area contributed by atoms with Crippen molar-refractivity contribution in [3.63, 3.8) is 0 Å². The van der Waals surface area contributed by atoms with Gasteiger partial charge < -0.3 is 14.8 Å². The molecule has 1 aliphatic carbocycles. The molecule has 0 heterocycles. The Balaban J connectivity index is 1.81. The van der Waals surface area contributed by atoms with Gasteiger partial charge in [0, 0.05) is 10.4 Å². The number of methoxy groups -OCH3 is 1. The van der Waals surface area contributed by atoms with E-state index in [1.807, 2.05) is 68.4 Å². The molecule has 1 saturated carbocycles. The lowest BCUT2D eigenvalue weighted by molar-refractivity contribution is -0.143. The van der Waals surface area contributed by atoms with E-state index in [1.54, 1.807) is 0 Å². The highest BCUT2D eigenvalue weighted by Gasteiger charge is 2.37. The molecule has 0 spiro atoms. The highest BCUT2D eigenvalue weighted by Crippen LogP contribution is 2.40. The molecule has 1 amide bonds. The van der Waals surface area contributed by atoms with E-state index < -0.39 is 29.6 Å². The number of esters is 1. The third-order valence-corrected chi connectivity index (χ3v) is 6.86. The lowest BCUT2D eigenvalue weighted by Gasteiger charge is -2.35. The van der Waals surface area contributed by atoms with Crippen LogP contribution in [0.25, 0.3) is 0 Å². The molecular weight excluding hydrogens is 438 g/mol. The summed E-state index contributed by atoms with van der Waals surface area (Å²) in [6.45, 7) is 4.03. The Morgan fingerprint density at radius 1 is 1.06 bits per heavy atom. The molecule has 1 aliphatic rings. The summed E-state index contributed by atoms with van der Waals surface area (Å²) in [5.41, 5.74) is 1.23. The van der Waals surface area contributed by atoms with Crippen LogP contribution in [0.15, 0.2) is 54.6 Å². The number of benzene rings is 2. The molecule has 33 heavy (non-hydrogen) atoms. The topological polar surface area (TPSA) is 64.6 Å². The molecule has 0 aromatic heterocycles. The lowest BCUT2D eigenvalue weighted by atomic mass is 9.76. The van der Waals surface area contributed by atoms with Crippen LogP contribution in [0, 0.1) is 5.92 Å². The van der Waals surface area contributed by atoms with Crippen LogP contribution < -0.4 is 5.32 Å². The fourth-order valence-corrected chi connectivity index (χ4v) is 4.89. The van der Waals surface area contributed by atoms with Gasteiger partial charge in [-0.05, 0) is 35.6 Å². The molecule has 1 fully saturated rings. The summed E-state index contributed by atoms with van der Waals surface area (Å²) < 4.78 is 11.0. The number of hydrogen-bond acceptors (Lipinski definition) is 4. The molecule has 6 heteroatoms. The second kappa shape index (κ2) is 11.6. The van der Waals surface area contributed by atoms with Crippen molar-refractivity contribution in [3.8, 4) is 0 Å². The standard InChI is InChI=1S/C27H34ClNO4/c1-27(2,21-15-10-16-22(28)18-21)24(20-13-8-5-9-14-20)33-26(31)29-23(25(30)32-3)17-19-11-6-4-7-12-19/h5,8-10,13-16,18-19,23-24H,4,6-7,11-12,17H2,1-3H3,(H,29,31). The lowest BCUT2D eigenvalue weighted by Crippen LogP contribution is -2.44. The van der Waals surface area contributed by atoms with Gasteiger partial charge in [-0.15, -0.1) is 0 Å². The van der Waals surface area contributed by atoms with E-state index in [9.17, 15) is 9.59 Å². The molecule has 0 saturated heterocycles. The average Bonchev–Trinajstić information content (AvgIpc) is 2.82. The number of halogens is 1. The van der Waals surface area contributed by atoms with Crippen molar-refractivity contribution in [2.75, 3.05) is 7.11 Å². The SMILES string of the molecule is COC(=O)C(CC1CCCCC1)NC(=O)OC(c1ccccc1)C(C)(C)c1cccc(Cl)c1. The summed E-state index contributed by atoms with van der Waals surface area (Å²) in [7, 11) is 1.35. The highest BCUT2D eigenvalue weighted by atomic mass is 35.5. The van der Waals surface area contributed by atoms with Gasteiger partial charge in [-0.1, -0.05) is 100 Å². The molecule has 2 unspecified atom stereocenters. The quantitative estimate of drug-likeness (QED) is 0.440. The van der Waals surface area contributed by atoms with Gasteiger partial charge in [0.25, 0.3) is 0 Å². The van der Waals surface area contributed by atoms with Gasteiger partial charge in [-0.2, -0.15) is 0 Å². The summed E-state index contributed by atoms with van der Waals surface area (Å²) in [6, 6.07) is 16.5. The number of rotatable bonds is 8. The number of carbonyl (C=O) groups excluding carboxylic acids is 2. The number of ether oxygens (including phenoxy) is 2. The Hall–Kier alpha value is -2.53. The summed E-state index contributed by atoms with van der Waals surface area (Å²) >= 11 is 6.25. The maximum Gasteiger partial charge on any atom is 0.408 e.